The van der Waals surface area contributed by atoms with Gasteiger partial charge in [0.1, 0.15) is 0 Å². The van der Waals surface area contributed by atoms with Crippen LogP contribution in [0.1, 0.15) is 48.9 Å². The van der Waals surface area contributed by atoms with Gasteiger partial charge in [0, 0.05) is 17.7 Å². The zero-order valence-electron chi connectivity index (χ0n) is 13.0. The number of primary amides is 1. The van der Waals surface area contributed by atoms with E-state index in [0.29, 0.717) is 23.6 Å². The third-order valence-corrected chi connectivity index (χ3v) is 4.00. The lowest BCUT2D eigenvalue weighted by Gasteiger charge is -2.20. The van der Waals surface area contributed by atoms with Crippen LogP contribution in [0.5, 0.6) is 0 Å². The Morgan fingerprint density at radius 3 is 2.35 bits per heavy atom. The topological polar surface area (TPSA) is 98.5 Å². The minimum Gasteiger partial charge on any atom is -0.456 e. The molecule has 0 unspecified atom stereocenters. The molecule has 3 N–H and O–H groups in total. The predicted octanol–water partition coefficient (Wildman–Crippen LogP) is 2.24. The molecule has 0 atom stereocenters. The van der Waals surface area contributed by atoms with Crippen molar-refractivity contribution >= 4 is 23.5 Å². The highest BCUT2D eigenvalue weighted by Crippen LogP contribution is 2.26. The lowest BCUT2D eigenvalue weighted by molar-refractivity contribution is -0.148. The van der Waals surface area contributed by atoms with Crippen molar-refractivity contribution in [2.24, 2.45) is 11.7 Å². The lowest BCUT2D eigenvalue weighted by Crippen LogP contribution is -2.22. The van der Waals surface area contributed by atoms with E-state index in [1.807, 2.05) is 0 Å². The number of hydrogen-bond acceptors (Lipinski definition) is 4. The molecule has 2 amide bonds. The number of nitrogens with one attached hydrogen (secondary N) is 1. The average Bonchev–Trinajstić information content (AvgIpc) is 2.54. The molecule has 0 heterocycles. The molecular weight excluding hydrogens is 296 g/mol. The maximum Gasteiger partial charge on any atom is 0.306 e. The standard InChI is InChI=1S/C17H22N2O4/c18-17(22)13-6-8-14(9-7-13)19-15(20)11-23-16(21)10-12-4-2-1-3-5-12/h6-9,12H,1-5,10-11H2,(H2,18,22)(H,19,20). The molecule has 0 radical (unpaired) electrons. The van der Waals surface area contributed by atoms with E-state index in [4.69, 9.17) is 10.5 Å². The van der Waals surface area contributed by atoms with Gasteiger partial charge >= 0.3 is 5.97 Å². The first-order valence-corrected chi connectivity index (χ1v) is 7.90. The van der Waals surface area contributed by atoms with Gasteiger partial charge < -0.3 is 15.8 Å². The molecule has 124 valence electrons. The second kappa shape index (κ2) is 8.31. The average molecular weight is 318 g/mol. The van der Waals surface area contributed by atoms with Gasteiger partial charge in [0.25, 0.3) is 5.91 Å². The first-order chi connectivity index (χ1) is 11.0. The largest absolute Gasteiger partial charge is 0.456 e. The van der Waals surface area contributed by atoms with Gasteiger partial charge in [-0.3, -0.25) is 14.4 Å². The summed E-state index contributed by atoms with van der Waals surface area (Å²) in [4.78, 5) is 34.4. The number of hydrogen-bond donors (Lipinski definition) is 2. The van der Waals surface area contributed by atoms with Crippen LogP contribution in [-0.2, 0) is 14.3 Å². The van der Waals surface area contributed by atoms with Crippen molar-refractivity contribution in [2.45, 2.75) is 38.5 Å². The molecule has 2 rings (SSSR count). The Balaban J connectivity index is 1.71. The molecule has 6 heteroatoms. The second-order valence-electron chi connectivity index (χ2n) is 5.86. The van der Waals surface area contributed by atoms with Gasteiger partial charge in [0.15, 0.2) is 6.61 Å². The molecule has 23 heavy (non-hydrogen) atoms. The Morgan fingerprint density at radius 2 is 1.74 bits per heavy atom. The molecule has 0 bridgehead atoms. The molecule has 1 saturated carbocycles. The summed E-state index contributed by atoms with van der Waals surface area (Å²) in [6.45, 7) is -0.302. The second-order valence-corrected chi connectivity index (χ2v) is 5.86. The van der Waals surface area contributed by atoms with E-state index >= 15 is 0 Å². The number of esters is 1. The number of carbonyl (C=O) groups excluding carboxylic acids is 3. The summed E-state index contributed by atoms with van der Waals surface area (Å²) < 4.78 is 5.02. The summed E-state index contributed by atoms with van der Waals surface area (Å²) in [5, 5.41) is 2.60. The Bertz CT molecular complexity index is 562. The maximum atomic E-state index is 11.7. The molecule has 0 spiro atoms. The Morgan fingerprint density at radius 1 is 1.09 bits per heavy atom. The number of ether oxygens (including phenoxy) is 1. The Kier molecular flexibility index (Phi) is 6.14. The van der Waals surface area contributed by atoms with Crippen LogP contribution in [0, 0.1) is 5.92 Å². The Hall–Kier alpha value is -2.37. The van der Waals surface area contributed by atoms with Gasteiger partial charge in [-0.05, 0) is 43.0 Å². The highest BCUT2D eigenvalue weighted by molar-refractivity contribution is 5.95. The minimum absolute atomic E-state index is 0.302. The van der Waals surface area contributed by atoms with E-state index < -0.39 is 11.8 Å². The highest BCUT2D eigenvalue weighted by atomic mass is 16.5. The SMILES string of the molecule is NC(=O)c1ccc(NC(=O)COC(=O)CC2CCCCC2)cc1. The summed E-state index contributed by atoms with van der Waals surface area (Å²) in [6, 6.07) is 6.18. The smallest absolute Gasteiger partial charge is 0.306 e. The molecule has 1 aliphatic carbocycles. The van der Waals surface area contributed by atoms with Crippen molar-refractivity contribution in [3.63, 3.8) is 0 Å². The first kappa shape index (κ1) is 17.0. The summed E-state index contributed by atoms with van der Waals surface area (Å²) in [5.41, 5.74) is 6.02. The number of nitrogens with two attached hydrogens (primary N) is 1. The molecule has 0 saturated heterocycles. The molecule has 1 aliphatic rings. The summed E-state index contributed by atoms with van der Waals surface area (Å²) >= 11 is 0. The van der Waals surface area contributed by atoms with Crippen molar-refractivity contribution in [3.05, 3.63) is 29.8 Å². The summed E-state index contributed by atoms with van der Waals surface area (Å²) in [6.07, 6.45) is 6.09. The van der Waals surface area contributed by atoms with E-state index in [9.17, 15) is 14.4 Å². The third-order valence-electron chi connectivity index (χ3n) is 4.00. The van der Waals surface area contributed by atoms with Crippen LogP contribution in [0.15, 0.2) is 24.3 Å². The van der Waals surface area contributed by atoms with Gasteiger partial charge in [-0.1, -0.05) is 19.3 Å². The number of carbonyl (C=O) groups is 3. The fourth-order valence-corrected chi connectivity index (χ4v) is 2.75. The van der Waals surface area contributed by atoms with Crippen LogP contribution in [0.4, 0.5) is 5.69 Å². The molecule has 1 aromatic rings. The summed E-state index contributed by atoms with van der Waals surface area (Å²) in [5.74, 6) is -0.870. The zero-order valence-corrected chi connectivity index (χ0v) is 13.0. The van der Waals surface area contributed by atoms with E-state index in [0.717, 1.165) is 12.8 Å². The fourth-order valence-electron chi connectivity index (χ4n) is 2.75. The van der Waals surface area contributed by atoms with E-state index in [2.05, 4.69) is 5.32 Å². The Labute approximate surface area is 135 Å². The van der Waals surface area contributed by atoms with Crippen LogP contribution < -0.4 is 11.1 Å². The van der Waals surface area contributed by atoms with Crippen LogP contribution >= 0.6 is 0 Å². The third kappa shape index (κ3) is 5.73. The molecule has 6 nitrogen and oxygen atoms in total. The van der Waals surface area contributed by atoms with Crippen molar-refractivity contribution < 1.29 is 19.1 Å². The predicted molar refractivity (Wildman–Crippen MR) is 85.7 cm³/mol. The van der Waals surface area contributed by atoms with Gasteiger partial charge in [-0.15, -0.1) is 0 Å². The van der Waals surface area contributed by atoms with Crippen LogP contribution in [-0.4, -0.2) is 24.4 Å². The number of anilines is 1. The first-order valence-electron chi connectivity index (χ1n) is 7.90. The maximum absolute atomic E-state index is 11.7. The number of rotatable bonds is 6. The van der Waals surface area contributed by atoms with Crippen molar-refractivity contribution in [2.75, 3.05) is 11.9 Å². The van der Waals surface area contributed by atoms with Gasteiger partial charge in [-0.2, -0.15) is 0 Å². The molecular formula is C17H22N2O4. The van der Waals surface area contributed by atoms with Gasteiger partial charge in [-0.25, -0.2) is 0 Å². The van der Waals surface area contributed by atoms with E-state index in [-0.39, 0.29) is 12.6 Å². The monoisotopic (exact) mass is 318 g/mol. The molecule has 0 aromatic heterocycles. The quantitative estimate of drug-likeness (QED) is 0.786. The van der Waals surface area contributed by atoms with Crippen LogP contribution in [0.25, 0.3) is 0 Å². The molecule has 1 aromatic carbocycles. The van der Waals surface area contributed by atoms with Crippen LogP contribution in [0.3, 0.4) is 0 Å². The van der Waals surface area contributed by atoms with Crippen LogP contribution in [0.2, 0.25) is 0 Å². The highest BCUT2D eigenvalue weighted by Gasteiger charge is 2.18. The fraction of sp³-hybridized carbons (Fsp3) is 0.471. The van der Waals surface area contributed by atoms with Crippen molar-refractivity contribution in [1.82, 2.24) is 0 Å². The normalized spacial score (nSPS) is 15.0. The minimum atomic E-state index is -0.528. The van der Waals surface area contributed by atoms with Gasteiger partial charge in [0.2, 0.25) is 5.91 Å². The lowest BCUT2D eigenvalue weighted by atomic mass is 9.87. The number of benzene rings is 1. The van der Waals surface area contributed by atoms with E-state index in [1.165, 1.54) is 31.4 Å². The summed E-state index contributed by atoms with van der Waals surface area (Å²) in [7, 11) is 0. The van der Waals surface area contributed by atoms with E-state index in [1.54, 1.807) is 12.1 Å². The van der Waals surface area contributed by atoms with Crippen molar-refractivity contribution in [3.8, 4) is 0 Å². The molecule has 1 fully saturated rings. The zero-order chi connectivity index (χ0) is 16.7. The van der Waals surface area contributed by atoms with Gasteiger partial charge in [0.05, 0.1) is 0 Å². The van der Waals surface area contributed by atoms with Crippen molar-refractivity contribution in [1.29, 1.82) is 0 Å². The number of amides is 2. The molecule has 0 aliphatic heterocycles.